The molecule has 0 aromatic rings. The highest BCUT2D eigenvalue weighted by Gasteiger charge is 2.39. The topological polar surface area (TPSA) is 34.0 Å². The van der Waals surface area contributed by atoms with Crippen molar-refractivity contribution in [1.29, 1.82) is 0 Å². The van der Waals surface area contributed by atoms with Crippen molar-refractivity contribution in [1.82, 2.24) is 0 Å². The minimum absolute atomic E-state index is 0.110. The molecule has 118 valence electrons. The first-order valence-electron chi connectivity index (χ1n) is 6.85. The van der Waals surface area contributed by atoms with E-state index in [4.69, 9.17) is 4.65 Å². The van der Waals surface area contributed by atoms with Gasteiger partial charge in [-0.05, 0) is 24.7 Å². The lowest BCUT2D eigenvalue weighted by Gasteiger charge is -2.40. The summed E-state index contributed by atoms with van der Waals surface area (Å²) in [5, 5.41) is 0. The molecule has 0 saturated heterocycles. The van der Waals surface area contributed by atoms with Crippen molar-refractivity contribution >= 4 is 19.3 Å². The van der Waals surface area contributed by atoms with Crippen molar-refractivity contribution in [2.75, 3.05) is 0 Å². The van der Waals surface area contributed by atoms with Gasteiger partial charge in [0, 0.05) is 18.6 Å². The smallest absolute Gasteiger partial charge is 0.415 e. The van der Waals surface area contributed by atoms with Gasteiger partial charge in [0.25, 0.3) is 0 Å². The van der Waals surface area contributed by atoms with Gasteiger partial charge < -0.3 is 4.65 Å². The van der Waals surface area contributed by atoms with E-state index in [1.54, 1.807) is 6.82 Å². The summed E-state index contributed by atoms with van der Waals surface area (Å²) in [5.41, 5.74) is -0.0301. The summed E-state index contributed by atoms with van der Waals surface area (Å²) in [5.74, 6) is 0. The van der Waals surface area contributed by atoms with Gasteiger partial charge in [0.05, 0.1) is 5.60 Å². The first-order chi connectivity index (χ1) is 9.34. The van der Waals surface area contributed by atoms with E-state index in [9.17, 15) is 13.2 Å². The normalized spacial score (nSPS) is 20.2. The Morgan fingerprint density at radius 3 is 2.19 bits per heavy atom. The number of hydrogen-bond acceptors (Lipinski definition) is 3. The molecule has 1 heterocycles. The van der Waals surface area contributed by atoms with Gasteiger partial charge in [-0.15, -0.1) is 0 Å². The third-order valence-electron chi connectivity index (χ3n) is 3.92. The van der Waals surface area contributed by atoms with E-state index in [0.29, 0.717) is 5.47 Å². The van der Waals surface area contributed by atoms with Crippen LogP contribution in [0.15, 0.2) is 21.7 Å². The zero-order chi connectivity index (χ0) is 16.5. The lowest BCUT2D eigenvalue weighted by Crippen LogP contribution is -2.44. The van der Waals surface area contributed by atoms with Crippen molar-refractivity contribution in [3.63, 3.8) is 0 Å². The van der Waals surface area contributed by atoms with Crippen molar-refractivity contribution in [3.05, 3.63) is 11.7 Å². The molecule has 1 aliphatic heterocycles. The molecule has 21 heavy (non-hydrogen) atoms. The lowest BCUT2D eigenvalue weighted by molar-refractivity contribution is -0.130. The summed E-state index contributed by atoms with van der Waals surface area (Å²) in [7, 11) is 0. The fourth-order valence-electron chi connectivity index (χ4n) is 1.51. The van der Waals surface area contributed by atoms with Crippen LogP contribution < -0.4 is 0 Å². The number of allylic oxidation sites excluding steroid dienone is 1. The summed E-state index contributed by atoms with van der Waals surface area (Å²) < 4.78 is 43.9. The molecular formula is C14H22BF3N2O. The fraction of sp³-hybridized carbons (Fsp3) is 0.714. The Kier molecular flexibility index (Phi) is 5.08. The van der Waals surface area contributed by atoms with Crippen LogP contribution in [0.25, 0.3) is 0 Å². The molecule has 0 aromatic heterocycles. The van der Waals surface area contributed by atoms with Gasteiger partial charge in [0.2, 0.25) is 0 Å². The summed E-state index contributed by atoms with van der Waals surface area (Å²) in [6.07, 6.45) is -1.05. The second-order valence-corrected chi connectivity index (χ2v) is 6.71. The summed E-state index contributed by atoms with van der Waals surface area (Å²) in [6, 6.07) is -1.89. The van der Waals surface area contributed by atoms with E-state index < -0.39 is 24.7 Å². The quantitative estimate of drug-likeness (QED) is 0.727. The number of rotatable bonds is 3. The monoisotopic (exact) mass is 302 g/mol. The van der Waals surface area contributed by atoms with Crippen LogP contribution in [0.4, 0.5) is 13.2 Å². The van der Waals surface area contributed by atoms with Crippen LogP contribution in [-0.4, -0.2) is 37.2 Å². The lowest BCUT2D eigenvalue weighted by atomic mass is 9.61. The first kappa shape index (κ1) is 17.9. The maximum absolute atomic E-state index is 12.6. The Morgan fingerprint density at radius 1 is 1.14 bits per heavy atom. The molecule has 1 aliphatic rings. The Labute approximate surface area is 124 Å². The Balaban J connectivity index is 2.84. The van der Waals surface area contributed by atoms with Crippen LogP contribution in [0.5, 0.6) is 0 Å². The highest BCUT2D eigenvalue weighted by atomic mass is 19.4. The predicted octanol–water partition coefficient (Wildman–Crippen LogP) is 3.96. The number of halogens is 3. The maximum atomic E-state index is 12.6. The van der Waals surface area contributed by atoms with E-state index in [1.807, 2.05) is 34.6 Å². The maximum Gasteiger partial charge on any atom is 0.415 e. The van der Waals surface area contributed by atoms with Crippen LogP contribution in [0.1, 0.15) is 34.6 Å². The van der Waals surface area contributed by atoms with E-state index in [0.717, 1.165) is 6.21 Å². The highest BCUT2D eigenvalue weighted by molar-refractivity contribution is 6.64. The van der Waals surface area contributed by atoms with Gasteiger partial charge in [-0.2, -0.15) is 13.2 Å². The van der Waals surface area contributed by atoms with Crippen LogP contribution in [0.2, 0.25) is 6.82 Å². The Morgan fingerprint density at radius 2 is 1.71 bits per heavy atom. The third-order valence-corrected chi connectivity index (χ3v) is 3.92. The van der Waals surface area contributed by atoms with E-state index in [1.165, 1.54) is 12.4 Å². The summed E-state index contributed by atoms with van der Waals surface area (Å²) in [6.45, 7) is 11.5. The summed E-state index contributed by atoms with van der Waals surface area (Å²) in [4.78, 5) is 7.24. The van der Waals surface area contributed by atoms with Gasteiger partial charge in [-0.3, -0.25) is 9.98 Å². The first-order valence-corrected chi connectivity index (χ1v) is 6.85. The third kappa shape index (κ3) is 4.69. The molecule has 0 saturated carbocycles. The second kappa shape index (κ2) is 5.95. The minimum Gasteiger partial charge on any atom is -0.426 e. The molecule has 7 heteroatoms. The molecule has 0 N–H and O–H groups in total. The average molecular weight is 302 g/mol. The second-order valence-electron chi connectivity index (χ2n) is 6.71. The van der Waals surface area contributed by atoms with Crippen molar-refractivity contribution in [2.24, 2.45) is 15.4 Å². The molecule has 1 rings (SSSR count). The molecule has 0 aliphatic carbocycles. The molecule has 0 bridgehead atoms. The van der Waals surface area contributed by atoms with Crippen LogP contribution in [-0.2, 0) is 4.65 Å². The van der Waals surface area contributed by atoms with Gasteiger partial charge in [0.15, 0.2) is 6.04 Å². The Bertz CT molecular complexity index is 462. The van der Waals surface area contributed by atoms with Gasteiger partial charge in [-0.1, -0.05) is 27.6 Å². The number of aliphatic imine (C=N–C) groups is 2. The molecular weight excluding hydrogens is 280 g/mol. The van der Waals surface area contributed by atoms with Crippen molar-refractivity contribution in [2.45, 2.75) is 59.3 Å². The molecule has 0 spiro atoms. The van der Waals surface area contributed by atoms with Crippen LogP contribution >= 0.6 is 0 Å². The SMILES string of the molecule is CB(OC(C)(C)C(C)(C)C)C1=CN=C[C@@H](C(F)(F)F)N=C1. The van der Waals surface area contributed by atoms with Crippen molar-refractivity contribution in [3.8, 4) is 0 Å². The van der Waals surface area contributed by atoms with E-state index >= 15 is 0 Å². The van der Waals surface area contributed by atoms with Gasteiger partial charge in [-0.25, -0.2) is 0 Å². The van der Waals surface area contributed by atoms with E-state index in [2.05, 4.69) is 9.98 Å². The molecule has 0 amide bonds. The van der Waals surface area contributed by atoms with E-state index in [-0.39, 0.29) is 5.41 Å². The Hall–Kier alpha value is -1.11. The molecule has 0 radical (unpaired) electrons. The van der Waals surface area contributed by atoms with Crippen LogP contribution in [0.3, 0.4) is 0 Å². The fourth-order valence-corrected chi connectivity index (χ4v) is 1.51. The highest BCUT2D eigenvalue weighted by Crippen LogP contribution is 2.34. The number of hydrogen-bond donors (Lipinski definition) is 0. The largest absolute Gasteiger partial charge is 0.426 e. The average Bonchev–Trinajstić information content (AvgIpc) is 2.51. The standard InChI is InChI=1S/C14H22BF3N2O/c1-12(2,3)13(4,5)21-15(6)10-7-19-9-11(20-8-10)14(16,17)18/h7-9,11H,1-6H3/t11-/m0/s1. The molecule has 0 unspecified atom stereocenters. The molecule has 0 aromatic carbocycles. The zero-order valence-corrected chi connectivity index (χ0v) is 13.3. The van der Waals surface area contributed by atoms with Crippen LogP contribution in [0, 0.1) is 5.41 Å². The minimum atomic E-state index is -4.42. The van der Waals surface area contributed by atoms with Gasteiger partial charge in [0.1, 0.15) is 0 Å². The summed E-state index contributed by atoms with van der Waals surface area (Å²) >= 11 is 0. The molecule has 1 atom stereocenters. The molecule has 3 nitrogen and oxygen atoms in total. The predicted molar refractivity (Wildman–Crippen MR) is 81.1 cm³/mol. The van der Waals surface area contributed by atoms with Crippen molar-refractivity contribution < 1.29 is 17.8 Å². The van der Waals surface area contributed by atoms with Gasteiger partial charge >= 0.3 is 13.1 Å². The molecule has 0 fully saturated rings. The number of alkyl halides is 3. The number of nitrogens with zero attached hydrogens (tertiary/aromatic N) is 2. The zero-order valence-electron chi connectivity index (χ0n) is 13.3.